The molecule has 4 aromatic rings. The van der Waals surface area contributed by atoms with Crippen molar-refractivity contribution in [3.8, 4) is 17.2 Å². The molecule has 9 heteroatoms. The number of ether oxygens (including phenoxy) is 2. The first kappa shape index (κ1) is 17.5. The molecule has 0 atom stereocenters. The highest BCUT2D eigenvalue weighted by molar-refractivity contribution is 6.02. The molecule has 0 saturated heterocycles. The number of carbonyl (C=O) groups excluding carboxylic acids is 1. The number of hydrogen-bond donors (Lipinski definition) is 0. The Labute approximate surface area is 158 Å². The molecule has 0 amide bonds. The second-order valence-corrected chi connectivity index (χ2v) is 5.87. The van der Waals surface area contributed by atoms with Crippen LogP contribution in [0, 0.1) is 5.95 Å². The Balaban J connectivity index is 1.67. The van der Waals surface area contributed by atoms with Crippen molar-refractivity contribution in [2.75, 3.05) is 7.11 Å². The summed E-state index contributed by atoms with van der Waals surface area (Å²) in [4.78, 5) is 20.6. The van der Waals surface area contributed by atoms with Crippen LogP contribution in [0.25, 0.3) is 5.65 Å². The average Bonchev–Trinajstić information content (AvgIpc) is 3.16. The van der Waals surface area contributed by atoms with Gasteiger partial charge in [-0.15, -0.1) is 10.2 Å². The van der Waals surface area contributed by atoms with E-state index in [0.717, 1.165) is 0 Å². The largest absolute Gasteiger partial charge is 0.495 e. The topological polar surface area (TPSA) is 91.5 Å². The van der Waals surface area contributed by atoms with E-state index < -0.39 is 5.95 Å². The first-order valence-electron chi connectivity index (χ1n) is 8.27. The molecular weight excluding hydrogens is 365 g/mol. The third-order valence-corrected chi connectivity index (χ3v) is 3.94. The second kappa shape index (κ2) is 7.39. The lowest BCUT2D eigenvalue weighted by molar-refractivity contribution is 0.0992. The molecule has 0 aromatic carbocycles. The second-order valence-electron chi connectivity index (χ2n) is 5.87. The normalized spacial score (nSPS) is 10.8. The van der Waals surface area contributed by atoms with Gasteiger partial charge in [0, 0.05) is 6.07 Å². The molecule has 0 spiro atoms. The van der Waals surface area contributed by atoms with Crippen LogP contribution in [0.3, 0.4) is 0 Å². The SMILES string of the molecule is COc1cncc(Oc2cc(C(=O)Cc3cccc(F)n3)c3nncn3c2)c1. The molecule has 0 saturated carbocycles. The average molecular weight is 379 g/mol. The van der Waals surface area contributed by atoms with Crippen LogP contribution < -0.4 is 9.47 Å². The van der Waals surface area contributed by atoms with Gasteiger partial charge >= 0.3 is 0 Å². The van der Waals surface area contributed by atoms with Crippen molar-refractivity contribution < 1.29 is 18.7 Å². The van der Waals surface area contributed by atoms with Gasteiger partial charge in [-0.1, -0.05) is 6.07 Å². The van der Waals surface area contributed by atoms with E-state index >= 15 is 0 Å². The van der Waals surface area contributed by atoms with Crippen LogP contribution >= 0.6 is 0 Å². The van der Waals surface area contributed by atoms with E-state index in [1.807, 2.05) is 0 Å². The number of halogens is 1. The van der Waals surface area contributed by atoms with Gasteiger partial charge in [0.05, 0.1) is 43.4 Å². The summed E-state index contributed by atoms with van der Waals surface area (Å²) in [7, 11) is 1.53. The number of hydrogen-bond acceptors (Lipinski definition) is 7. The van der Waals surface area contributed by atoms with Gasteiger partial charge in [0.25, 0.3) is 0 Å². The van der Waals surface area contributed by atoms with Gasteiger partial charge in [0.15, 0.2) is 11.4 Å². The zero-order valence-corrected chi connectivity index (χ0v) is 14.7. The van der Waals surface area contributed by atoms with E-state index in [4.69, 9.17) is 9.47 Å². The zero-order chi connectivity index (χ0) is 19.5. The molecule has 28 heavy (non-hydrogen) atoms. The van der Waals surface area contributed by atoms with E-state index in [-0.39, 0.29) is 17.8 Å². The maximum Gasteiger partial charge on any atom is 0.213 e. The maximum absolute atomic E-state index is 13.3. The third-order valence-electron chi connectivity index (χ3n) is 3.94. The molecule has 0 N–H and O–H groups in total. The maximum atomic E-state index is 13.3. The van der Waals surface area contributed by atoms with Crippen LogP contribution in [-0.2, 0) is 6.42 Å². The molecule has 140 valence electrons. The standard InChI is InChI=1S/C19H14FN5O3/c1-27-13-6-14(9-21-8-13)28-15-7-16(19-24-22-11-25(19)10-15)17(26)5-12-3-2-4-18(20)23-12/h2-4,6-11H,5H2,1H3. The van der Waals surface area contributed by atoms with Crippen molar-refractivity contribution in [3.63, 3.8) is 0 Å². The summed E-state index contributed by atoms with van der Waals surface area (Å²) in [6, 6.07) is 7.55. The third kappa shape index (κ3) is 3.63. The van der Waals surface area contributed by atoms with Crippen LogP contribution in [0.2, 0.25) is 0 Å². The Bertz CT molecular complexity index is 1160. The summed E-state index contributed by atoms with van der Waals surface area (Å²) < 4.78 is 25.8. The molecule has 4 heterocycles. The smallest absolute Gasteiger partial charge is 0.213 e. The molecule has 0 bridgehead atoms. The Morgan fingerprint density at radius 1 is 1.18 bits per heavy atom. The molecule has 8 nitrogen and oxygen atoms in total. The summed E-state index contributed by atoms with van der Waals surface area (Å²) >= 11 is 0. The van der Waals surface area contributed by atoms with E-state index in [1.54, 1.807) is 35.0 Å². The monoisotopic (exact) mass is 379 g/mol. The highest BCUT2D eigenvalue weighted by Gasteiger charge is 2.17. The number of Topliss-reactive ketones (excluding diaryl/α,β-unsaturated/α-hetero) is 1. The molecule has 0 aliphatic carbocycles. The van der Waals surface area contributed by atoms with Crippen molar-refractivity contribution in [2.24, 2.45) is 0 Å². The van der Waals surface area contributed by atoms with Crippen molar-refractivity contribution in [1.29, 1.82) is 0 Å². The van der Waals surface area contributed by atoms with Gasteiger partial charge in [0.2, 0.25) is 5.95 Å². The van der Waals surface area contributed by atoms with Gasteiger partial charge in [0.1, 0.15) is 23.6 Å². The van der Waals surface area contributed by atoms with Crippen LogP contribution in [0.5, 0.6) is 17.2 Å². The summed E-state index contributed by atoms with van der Waals surface area (Å²) in [6.45, 7) is 0. The van der Waals surface area contributed by atoms with E-state index in [1.165, 1.54) is 31.8 Å². The van der Waals surface area contributed by atoms with Crippen molar-refractivity contribution in [2.45, 2.75) is 6.42 Å². The Hall–Kier alpha value is -3.88. The first-order chi connectivity index (χ1) is 13.6. The highest BCUT2D eigenvalue weighted by atomic mass is 19.1. The number of rotatable bonds is 6. The molecule has 4 rings (SSSR count). The minimum Gasteiger partial charge on any atom is -0.495 e. The Kier molecular flexibility index (Phi) is 4.63. The Morgan fingerprint density at radius 2 is 2.04 bits per heavy atom. The minimum absolute atomic E-state index is 0.0789. The van der Waals surface area contributed by atoms with Gasteiger partial charge in [-0.2, -0.15) is 4.39 Å². The number of aromatic nitrogens is 5. The van der Waals surface area contributed by atoms with Crippen LogP contribution in [-0.4, -0.2) is 37.5 Å². The van der Waals surface area contributed by atoms with Crippen LogP contribution in [0.1, 0.15) is 16.1 Å². The molecular formula is C19H14FN5O3. The van der Waals surface area contributed by atoms with E-state index in [0.29, 0.717) is 28.6 Å². The van der Waals surface area contributed by atoms with Crippen LogP contribution in [0.15, 0.2) is 55.2 Å². The number of ketones is 1. The molecule has 0 unspecified atom stereocenters. The fourth-order valence-corrected chi connectivity index (χ4v) is 2.68. The van der Waals surface area contributed by atoms with Gasteiger partial charge in [-0.3, -0.25) is 14.2 Å². The lowest BCUT2D eigenvalue weighted by atomic mass is 10.1. The molecule has 0 aliphatic heterocycles. The molecule has 0 radical (unpaired) electrons. The van der Waals surface area contributed by atoms with E-state index in [2.05, 4.69) is 20.2 Å². The number of fused-ring (bicyclic) bond motifs is 1. The highest BCUT2D eigenvalue weighted by Crippen LogP contribution is 2.26. The van der Waals surface area contributed by atoms with Gasteiger partial charge in [-0.25, -0.2) is 4.98 Å². The summed E-state index contributed by atoms with van der Waals surface area (Å²) in [6.07, 6.45) is 6.10. The van der Waals surface area contributed by atoms with Crippen molar-refractivity contribution in [3.05, 3.63) is 72.5 Å². The lowest BCUT2D eigenvalue weighted by Gasteiger charge is -2.09. The number of pyridine rings is 3. The number of methoxy groups -OCH3 is 1. The number of carbonyl (C=O) groups is 1. The lowest BCUT2D eigenvalue weighted by Crippen LogP contribution is -2.08. The van der Waals surface area contributed by atoms with Gasteiger partial charge in [-0.05, 0) is 18.2 Å². The Morgan fingerprint density at radius 3 is 2.86 bits per heavy atom. The molecule has 0 fully saturated rings. The minimum atomic E-state index is -0.638. The fourth-order valence-electron chi connectivity index (χ4n) is 2.68. The van der Waals surface area contributed by atoms with Crippen LogP contribution in [0.4, 0.5) is 4.39 Å². The number of nitrogens with zero attached hydrogens (tertiary/aromatic N) is 5. The fraction of sp³-hybridized carbons (Fsp3) is 0.105. The zero-order valence-electron chi connectivity index (χ0n) is 14.7. The predicted octanol–water partition coefficient (Wildman–Crippen LogP) is 2.88. The summed E-state index contributed by atoms with van der Waals surface area (Å²) in [5.41, 5.74) is 0.986. The predicted molar refractivity (Wildman–Crippen MR) is 96.1 cm³/mol. The molecule has 4 aromatic heterocycles. The van der Waals surface area contributed by atoms with Gasteiger partial charge < -0.3 is 9.47 Å². The van der Waals surface area contributed by atoms with Crippen molar-refractivity contribution in [1.82, 2.24) is 24.6 Å². The quantitative estimate of drug-likeness (QED) is 0.376. The van der Waals surface area contributed by atoms with E-state index in [9.17, 15) is 9.18 Å². The summed E-state index contributed by atoms with van der Waals surface area (Å²) in [5, 5.41) is 7.82. The molecule has 0 aliphatic rings. The first-order valence-corrected chi connectivity index (χ1v) is 8.27. The van der Waals surface area contributed by atoms with Crippen molar-refractivity contribution >= 4 is 11.4 Å². The summed E-state index contributed by atoms with van der Waals surface area (Å²) in [5.74, 6) is 0.442.